The number of aromatic nitrogens is 2. The highest BCUT2D eigenvalue weighted by molar-refractivity contribution is 6.36. The Morgan fingerprint density at radius 2 is 2.19 bits per heavy atom. The number of benzene rings is 2. The number of carbonyl (C=O) groups is 2. The Bertz CT molecular complexity index is 1080. The summed E-state index contributed by atoms with van der Waals surface area (Å²) < 4.78 is 6.91. The molecule has 0 bridgehead atoms. The zero-order chi connectivity index (χ0) is 19.1. The first-order valence-corrected chi connectivity index (χ1v) is 8.75. The van der Waals surface area contributed by atoms with Crippen molar-refractivity contribution in [1.29, 1.82) is 0 Å². The molecule has 2 aromatic carbocycles. The van der Waals surface area contributed by atoms with Crippen LogP contribution < -0.4 is 15.4 Å². The minimum absolute atomic E-state index is 0.0461. The molecule has 27 heavy (non-hydrogen) atoms. The molecule has 2 amide bonds. The predicted octanol–water partition coefficient (Wildman–Crippen LogP) is 3.30. The first-order valence-electron chi connectivity index (χ1n) is 8.38. The van der Waals surface area contributed by atoms with Gasteiger partial charge in [-0.25, -0.2) is 0 Å². The maximum Gasteiger partial charge on any atom is 0.233 e. The number of nitrogens with one attached hydrogen (secondary N) is 2. The van der Waals surface area contributed by atoms with Crippen molar-refractivity contribution in [2.75, 3.05) is 17.7 Å². The minimum Gasteiger partial charge on any atom is -0.497 e. The second-order valence-corrected chi connectivity index (χ2v) is 6.76. The molecule has 0 aliphatic carbocycles. The molecule has 1 atom stereocenters. The summed E-state index contributed by atoms with van der Waals surface area (Å²) >= 11 is 6.30. The molecule has 138 valence electrons. The highest BCUT2D eigenvalue weighted by atomic mass is 35.5. The van der Waals surface area contributed by atoms with Gasteiger partial charge in [0.2, 0.25) is 11.8 Å². The fourth-order valence-corrected chi connectivity index (χ4v) is 3.62. The Hall–Kier alpha value is -3.06. The minimum atomic E-state index is -0.650. The Morgan fingerprint density at radius 3 is 2.96 bits per heavy atom. The molecule has 3 aromatic rings. The van der Waals surface area contributed by atoms with Gasteiger partial charge in [-0.2, -0.15) is 5.10 Å². The molecule has 1 aliphatic heterocycles. The van der Waals surface area contributed by atoms with Crippen molar-refractivity contribution in [1.82, 2.24) is 9.78 Å². The maximum absolute atomic E-state index is 13.0. The van der Waals surface area contributed by atoms with Gasteiger partial charge >= 0.3 is 0 Å². The lowest BCUT2D eigenvalue weighted by Gasteiger charge is -2.25. The zero-order valence-corrected chi connectivity index (χ0v) is 15.5. The Labute approximate surface area is 160 Å². The number of fused-ring (bicyclic) bond motifs is 2. The quantitative estimate of drug-likeness (QED) is 0.725. The SMILES string of the molecule is COc1ccc2c(c1)C(C(=O)Nc1nn(C)c3cccc(Cl)c13)CC(=O)N2. The normalized spacial score (nSPS) is 16.0. The fourth-order valence-electron chi connectivity index (χ4n) is 3.36. The standard InChI is InChI=1S/C19H17ClN4O3/c1-24-15-5-3-4-13(20)17(15)18(23-24)22-19(26)12-9-16(25)21-14-7-6-10(27-2)8-11(12)14/h3-8,12H,9H2,1-2H3,(H,21,25)(H,22,23,26). The van der Waals surface area contributed by atoms with Gasteiger partial charge in [-0.1, -0.05) is 17.7 Å². The van der Waals surface area contributed by atoms with Crippen LogP contribution in [0.3, 0.4) is 0 Å². The van der Waals surface area contributed by atoms with E-state index in [9.17, 15) is 9.59 Å². The number of ether oxygens (including phenoxy) is 1. The lowest BCUT2D eigenvalue weighted by atomic mass is 9.89. The average Bonchev–Trinajstić information content (AvgIpc) is 2.97. The van der Waals surface area contributed by atoms with Gasteiger partial charge in [0.15, 0.2) is 5.82 Å². The van der Waals surface area contributed by atoms with Crippen molar-refractivity contribution < 1.29 is 14.3 Å². The summed E-state index contributed by atoms with van der Waals surface area (Å²) in [4.78, 5) is 25.1. The fraction of sp³-hybridized carbons (Fsp3) is 0.211. The zero-order valence-electron chi connectivity index (χ0n) is 14.7. The van der Waals surface area contributed by atoms with E-state index in [0.717, 1.165) is 5.52 Å². The molecule has 8 heteroatoms. The van der Waals surface area contributed by atoms with Crippen LogP contribution in [0, 0.1) is 0 Å². The molecular formula is C19H17ClN4O3. The van der Waals surface area contributed by atoms with Crippen molar-refractivity contribution >= 4 is 45.8 Å². The number of anilines is 2. The van der Waals surface area contributed by atoms with E-state index in [4.69, 9.17) is 16.3 Å². The van der Waals surface area contributed by atoms with E-state index in [-0.39, 0.29) is 18.2 Å². The van der Waals surface area contributed by atoms with Crippen LogP contribution in [-0.4, -0.2) is 28.7 Å². The lowest BCUT2D eigenvalue weighted by Crippen LogP contribution is -2.31. The summed E-state index contributed by atoms with van der Waals surface area (Å²) in [7, 11) is 3.34. The molecule has 0 saturated heterocycles. The molecule has 2 N–H and O–H groups in total. The third-order valence-electron chi connectivity index (χ3n) is 4.68. The highest BCUT2D eigenvalue weighted by Crippen LogP contribution is 2.36. The largest absolute Gasteiger partial charge is 0.497 e. The van der Waals surface area contributed by atoms with E-state index in [1.54, 1.807) is 43.1 Å². The molecule has 2 heterocycles. The lowest BCUT2D eigenvalue weighted by molar-refractivity contribution is -0.123. The van der Waals surface area contributed by atoms with Gasteiger partial charge in [0.05, 0.1) is 29.0 Å². The van der Waals surface area contributed by atoms with Crippen molar-refractivity contribution in [3.8, 4) is 5.75 Å². The van der Waals surface area contributed by atoms with Crippen LogP contribution in [0.1, 0.15) is 17.9 Å². The van der Waals surface area contributed by atoms with Crippen LogP contribution in [0.2, 0.25) is 5.02 Å². The third kappa shape index (κ3) is 3.00. The van der Waals surface area contributed by atoms with Crippen LogP contribution in [0.15, 0.2) is 36.4 Å². The number of aryl methyl sites for hydroxylation is 1. The van der Waals surface area contributed by atoms with Gasteiger partial charge < -0.3 is 15.4 Å². The summed E-state index contributed by atoms with van der Waals surface area (Å²) in [6.45, 7) is 0. The molecule has 0 saturated carbocycles. The molecule has 1 aromatic heterocycles. The van der Waals surface area contributed by atoms with E-state index >= 15 is 0 Å². The van der Waals surface area contributed by atoms with Gasteiger partial charge in [0, 0.05) is 19.2 Å². The van der Waals surface area contributed by atoms with Crippen molar-refractivity contribution in [2.24, 2.45) is 7.05 Å². The molecule has 7 nitrogen and oxygen atoms in total. The molecular weight excluding hydrogens is 368 g/mol. The maximum atomic E-state index is 13.0. The second kappa shape index (κ2) is 6.59. The number of methoxy groups -OCH3 is 1. The third-order valence-corrected chi connectivity index (χ3v) is 5.00. The first-order chi connectivity index (χ1) is 13.0. The number of carbonyl (C=O) groups excluding carboxylic acids is 2. The number of rotatable bonds is 3. The number of hydrogen-bond acceptors (Lipinski definition) is 4. The second-order valence-electron chi connectivity index (χ2n) is 6.35. The summed E-state index contributed by atoms with van der Waals surface area (Å²) in [6, 6.07) is 10.7. The van der Waals surface area contributed by atoms with Crippen LogP contribution in [0.5, 0.6) is 5.75 Å². The molecule has 1 aliphatic rings. The van der Waals surface area contributed by atoms with Crippen molar-refractivity contribution in [3.63, 3.8) is 0 Å². The Morgan fingerprint density at radius 1 is 1.37 bits per heavy atom. The van der Waals surface area contributed by atoms with Gasteiger partial charge in [-0.3, -0.25) is 14.3 Å². The van der Waals surface area contributed by atoms with E-state index < -0.39 is 5.92 Å². The van der Waals surface area contributed by atoms with Gasteiger partial charge in [-0.15, -0.1) is 0 Å². The van der Waals surface area contributed by atoms with Crippen LogP contribution in [0.25, 0.3) is 10.9 Å². The molecule has 4 rings (SSSR count). The van der Waals surface area contributed by atoms with Crippen LogP contribution in [0.4, 0.5) is 11.5 Å². The molecule has 0 radical (unpaired) electrons. The Balaban J connectivity index is 1.72. The molecule has 0 fully saturated rings. The number of hydrogen-bond donors (Lipinski definition) is 2. The summed E-state index contributed by atoms with van der Waals surface area (Å²) in [5, 5.41) is 11.2. The molecule has 0 spiro atoms. The first kappa shape index (κ1) is 17.4. The van der Waals surface area contributed by atoms with Crippen molar-refractivity contribution in [3.05, 3.63) is 47.0 Å². The number of amides is 2. The van der Waals surface area contributed by atoms with Gasteiger partial charge in [0.1, 0.15) is 5.75 Å². The topological polar surface area (TPSA) is 85.2 Å². The summed E-state index contributed by atoms with van der Waals surface area (Å²) in [5.74, 6) is -0.188. The van der Waals surface area contributed by atoms with Crippen LogP contribution in [-0.2, 0) is 16.6 Å². The van der Waals surface area contributed by atoms with Gasteiger partial charge in [-0.05, 0) is 35.9 Å². The highest BCUT2D eigenvalue weighted by Gasteiger charge is 2.32. The van der Waals surface area contributed by atoms with E-state index in [1.807, 2.05) is 12.1 Å². The van der Waals surface area contributed by atoms with E-state index in [1.165, 1.54) is 0 Å². The van der Waals surface area contributed by atoms with Crippen molar-refractivity contribution in [2.45, 2.75) is 12.3 Å². The Kier molecular flexibility index (Phi) is 4.24. The number of halogens is 1. The predicted molar refractivity (Wildman–Crippen MR) is 103 cm³/mol. The van der Waals surface area contributed by atoms with Gasteiger partial charge in [0.25, 0.3) is 0 Å². The monoisotopic (exact) mass is 384 g/mol. The summed E-state index contributed by atoms with van der Waals surface area (Å²) in [6.07, 6.45) is 0.0461. The smallest absolute Gasteiger partial charge is 0.233 e. The number of nitrogens with zero attached hydrogens (tertiary/aromatic N) is 2. The van der Waals surface area contributed by atoms with E-state index in [2.05, 4.69) is 15.7 Å². The average molecular weight is 385 g/mol. The summed E-state index contributed by atoms with van der Waals surface area (Å²) in [5.41, 5.74) is 2.12. The molecule has 1 unspecified atom stereocenters. The van der Waals surface area contributed by atoms with E-state index in [0.29, 0.717) is 33.2 Å². The van der Waals surface area contributed by atoms with Crippen LogP contribution >= 0.6 is 11.6 Å².